The standard InChI is InChI=1S/C15H17N3O3S/c19-13(6-5-11-14(20)18-15(21)17-11)16-10-7-8-22-12-4-2-1-3-9(10)12/h1-4,10-11H,5-8H2,(H,16,19)(H2,17,18,20,21)/t10-,11+/m0/s1. The first-order valence-electron chi connectivity index (χ1n) is 7.26. The molecule has 0 unspecified atom stereocenters. The first-order chi connectivity index (χ1) is 10.6. The molecule has 22 heavy (non-hydrogen) atoms. The number of carbonyl (C=O) groups excluding carboxylic acids is 3. The normalized spacial score (nSPS) is 23.5. The molecule has 7 heteroatoms. The second-order valence-electron chi connectivity index (χ2n) is 5.35. The molecule has 1 saturated heterocycles. The monoisotopic (exact) mass is 319 g/mol. The van der Waals surface area contributed by atoms with Gasteiger partial charge in [0.25, 0.3) is 5.91 Å². The van der Waals surface area contributed by atoms with Gasteiger partial charge in [-0.2, -0.15) is 0 Å². The van der Waals surface area contributed by atoms with E-state index in [1.54, 1.807) is 11.8 Å². The van der Waals surface area contributed by atoms with Crippen LogP contribution in [-0.4, -0.2) is 29.6 Å². The number of urea groups is 1. The number of fused-ring (bicyclic) bond motifs is 1. The van der Waals surface area contributed by atoms with Crippen LogP contribution in [0.25, 0.3) is 0 Å². The molecule has 1 fully saturated rings. The van der Waals surface area contributed by atoms with Gasteiger partial charge in [-0.15, -0.1) is 11.8 Å². The van der Waals surface area contributed by atoms with Gasteiger partial charge < -0.3 is 10.6 Å². The summed E-state index contributed by atoms with van der Waals surface area (Å²) in [6.45, 7) is 0. The van der Waals surface area contributed by atoms with Crippen molar-refractivity contribution in [1.82, 2.24) is 16.0 Å². The average molecular weight is 319 g/mol. The molecule has 0 spiro atoms. The summed E-state index contributed by atoms with van der Waals surface area (Å²) in [5, 5.41) is 7.69. The number of rotatable bonds is 4. The van der Waals surface area contributed by atoms with Crippen LogP contribution in [0.2, 0.25) is 0 Å². The number of nitrogens with one attached hydrogen (secondary N) is 3. The lowest BCUT2D eigenvalue weighted by Gasteiger charge is -2.26. The number of hydrogen-bond donors (Lipinski definition) is 3. The summed E-state index contributed by atoms with van der Waals surface area (Å²) in [6.07, 6.45) is 1.42. The van der Waals surface area contributed by atoms with Gasteiger partial charge in [-0.1, -0.05) is 18.2 Å². The Morgan fingerprint density at radius 3 is 2.91 bits per heavy atom. The predicted octanol–water partition coefficient (Wildman–Crippen LogP) is 1.33. The summed E-state index contributed by atoms with van der Waals surface area (Å²) in [6, 6.07) is 7.01. The minimum absolute atomic E-state index is 0.0249. The molecule has 0 aliphatic carbocycles. The molecule has 0 radical (unpaired) electrons. The van der Waals surface area contributed by atoms with E-state index in [9.17, 15) is 14.4 Å². The van der Waals surface area contributed by atoms with Gasteiger partial charge in [-0.3, -0.25) is 14.9 Å². The van der Waals surface area contributed by atoms with Crippen molar-refractivity contribution in [3.8, 4) is 0 Å². The Balaban J connectivity index is 1.54. The molecule has 3 rings (SSSR count). The van der Waals surface area contributed by atoms with E-state index in [4.69, 9.17) is 0 Å². The van der Waals surface area contributed by atoms with Gasteiger partial charge in [-0.05, 0) is 24.5 Å². The van der Waals surface area contributed by atoms with Crippen molar-refractivity contribution >= 4 is 29.6 Å². The quantitative estimate of drug-likeness (QED) is 0.731. The number of carbonyl (C=O) groups is 3. The molecule has 2 aliphatic heterocycles. The fraction of sp³-hybridized carbons (Fsp3) is 0.400. The molecule has 4 amide bonds. The first kappa shape index (κ1) is 14.9. The fourth-order valence-electron chi connectivity index (χ4n) is 2.70. The third-order valence-corrected chi connectivity index (χ3v) is 4.93. The van der Waals surface area contributed by atoms with Crippen LogP contribution in [0.5, 0.6) is 0 Å². The molecule has 2 aliphatic rings. The van der Waals surface area contributed by atoms with Crippen molar-refractivity contribution < 1.29 is 14.4 Å². The van der Waals surface area contributed by atoms with Crippen LogP contribution in [0, 0.1) is 0 Å². The van der Waals surface area contributed by atoms with Crippen LogP contribution in [0.4, 0.5) is 4.79 Å². The van der Waals surface area contributed by atoms with E-state index in [2.05, 4.69) is 22.0 Å². The van der Waals surface area contributed by atoms with Gasteiger partial charge in [-0.25, -0.2) is 4.79 Å². The summed E-state index contributed by atoms with van der Waals surface area (Å²) in [5.74, 6) is 0.515. The van der Waals surface area contributed by atoms with Crippen molar-refractivity contribution in [3.63, 3.8) is 0 Å². The highest BCUT2D eigenvalue weighted by atomic mass is 32.2. The van der Waals surface area contributed by atoms with E-state index in [-0.39, 0.29) is 24.3 Å². The molecule has 0 aromatic heterocycles. The Labute approximate surface area is 132 Å². The molecule has 2 heterocycles. The van der Waals surface area contributed by atoms with Crippen LogP contribution in [0.3, 0.4) is 0 Å². The molecule has 116 valence electrons. The lowest BCUT2D eigenvalue weighted by atomic mass is 10.0. The van der Waals surface area contributed by atoms with Crippen molar-refractivity contribution in [2.75, 3.05) is 5.75 Å². The van der Waals surface area contributed by atoms with Gasteiger partial charge in [0.2, 0.25) is 5.91 Å². The van der Waals surface area contributed by atoms with E-state index in [0.717, 1.165) is 17.7 Å². The minimum Gasteiger partial charge on any atom is -0.349 e. The molecule has 3 N–H and O–H groups in total. The highest BCUT2D eigenvalue weighted by Gasteiger charge is 2.30. The van der Waals surface area contributed by atoms with E-state index >= 15 is 0 Å². The van der Waals surface area contributed by atoms with E-state index in [1.807, 2.05) is 18.2 Å². The Morgan fingerprint density at radius 1 is 1.32 bits per heavy atom. The van der Waals surface area contributed by atoms with Crippen molar-refractivity contribution in [2.24, 2.45) is 0 Å². The molecular weight excluding hydrogens is 302 g/mol. The zero-order chi connectivity index (χ0) is 15.5. The number of amides is 4. The number of benzene rings is 1. The second-order valence-corrected chi connectivity index (χ2v) is 6.49. The molecule has 1 aromatic carbocycles. The largest absolute Gasteiger partial charge is 0.349 e. The van der Waals surface area contributed by atoms with E-state index < -0.39 is 12.1 Å². The maximum atomic E-state index is 12.1. The van der Waals surface area contributed by atoms with Crippen LogP contribution in [-0.2, 0) is 9.59 Å². The van der Waals surface area contributed by atoms with Crippen LogP contribution in [0.15, 0.2) is 29.2 Å². The maximum Gasteiger partial charge on any atom is 0.322 e. The summed E-state index contributed by atoms with van der Waals surface area (Å²) < 4.78 is 0. The topological polar surface area (TPSA) is 87.3 Å². The highest BCUT2D eigenvalue weighted by Crippen LogP contribution is 2.35. The molecule has 0 saturated carbocycles. The van der Waals surface area contributed by atoms with Crippen molar-refractivity contribution in [3.05, 3.63) is 29.8 Å². The lowest BCUT2D eigenvalue weighted by Crippen LogP contribution is -2.34. The number of hydrogen-bond acceptors (Lipinski definition) is 4. The van der Waals surface area contributed by atoms with Crippen molar-refractivity contribution in [1.29, 1.82) is 0 Å². The minimum atomic E-state index is -0.604. The fourth-order valence-corrected chi connectivity index (χ4v) is 3.82. The molecule has 0 bridgehead atoms. The van der Waals surface area contributed by atoms with Gasteiger partial charge in [0, 0.05) is 17.1 Å². The first-order valence-corrected chi connectivity index (χ1v) is 8.24. The smallest absolute Gasteiger partial charge is 0.322 e. The third-order valence-electron chi connectivity index (χ3n) is 3.81. The van der Waals surface area contributed by atoms with E-state index in [0.29, 0.717) is 6.42 Å². The Hall–Kier alpha value is -2.02. The zero-order valence-corrected chi connectivity index (χ0v) is 12.7. The summed E-state index contributed by atoms with van der Waals surface area (Å²) in [7, 11) is 0. The maximum absolute atomic E-state index is 12.1. The van der Waals surface area contributed by atoms with Crippen LogP contribution >= 0.6 is 11.8 Å². The Morgan fingerprint density at radius 2 is 2.14 bits per heavy atom. The van der Waals surface area contributed by atoms with Gasteiger partial charge in [0.1, 0.15) is 6.04 Å². The Kier molecular flexibility index (Phi) is 4.33. The Bertz CT molecular complexity index is 620. The van der Waals surface area contributed by atoms with Gasteiger partial charge in [0.15, 0.2) is 0 Å². The molecule has 2 atom stereocenters. The second kappa shape index (κ2) is 6.39. The molecule has 6 nitrogen and oxygen atoms in total. The van der Waals surface area contributed by atoms with Crippen molar-refractivity contribution in [2.45, 2.75) is 36.2 Å². The zero-order valence-electron chi connectivity index (χ0n) is 11.9. The SMILES string of the molecule is O=C(CC[C@H]1NC(=O)NC1=O)N[C@H]1CCSc2ccccc21. The average Bonchev–Trinajstić information content (AvgIpc) is 2.83. The summed E-state index contributed by atoms with van der Waals surface area (Å²) >= 11 is 1.80. The van der Waals surface area contributed by atoms with Gasteiger partial charge in [0.05, 0.1) is 6.04 Å². The summed E-state index contributed by atoms with van der Waals surface area (Å²) in [4.78, 5) is 35.8. The van der Waals surface area contributed by atoms with E-state index in [1.165, 1.54) is 4.90 Å². The van der Waals surface area contributed by atoms with Gasteiger partial charge >= 0.3 is 6.03 Å². The number of thioether (sulfide) groups is 1. The highest BCUT2D eigenvalue weighted by molar-refractivity contribution is 7.99. The van der Waals surface area contributed by atoms with Crippen LogP contribution < -0.4 is 16.0 Å². The third kappa shape index (κ3) is 3.24. The summed E-state index contributed by atoms with van der Waals surface area (Å²) in [5.41, 5.74) is 1.15. The molecule has 1 aromatic rings. The molecular formula is C15H17N3O3S. The lowest BCUT2D eigenvalue weighted by molar-refractivity contribution is -0.122. The van der Waals surface area contributed by atoms with Crippen LogP contribution in [0.1, 0.15) is 30.9 Å². The predicted molar refractivity (Wildman–Crippen MR) is 82.4 cm³/mol. The number of imide groups is 1.